The van der Waals surface area contributed by atoms with Gasteiger partial charge in [-0.1, -0.05) is 29.8 Å². The van der Waals surface area contributed by atoms with Crippen LogP contribution in [0.2, 0.25) is 0 Å². The fraction of sp³-hybridized carbons (Fsp3) is 0.533. The van der Waals surface area contributed by atoms with E-state index in [9.17, 15) is 4.79 Å². The van der Waals surface area contributed by atoms with Crippen LogP contribution < -0.4 is 5.32 Å². The van der Waals surface area contributed by atoms with Crippen molar-refractivity contribution < 1.29 is 4.79 Å². The van der Waals surface area contributed by atoms with Crippen LogP contribution in [0.1, 0.15) is 24.0 Å². The van der Waals surface area contributed by atoms with Crippen molar-refractivity contribution in [1.82, 2.24) is 10.2 Å². The fourth-order valence-corrected chi connectivity index (χ4v) is 2.43. The molecule has 0 unspecified atom stereocenters. The van der Waals surface area contributed by atoms with E-state index in [1.54, 1.807) is 0 Å². The number of rotatable bonds is 3. The summed E-state index contributed by atoms with van der Waals surface area (Å²) in [6.07, 6.45) is 1.94. The Kier molecular flexibility index (Phi) is 4.37. The van der Waals surface area contributed by atoms with Crippen LogP contribution in [0.15, 0.2) is 24.3 Å². The van der Waals surface area contributed by atoms with Crippen LogP contribution in [0.3, 0.4) is 0 Å². The van der Waals surface area contributed by atoms with Gasteiger partial charge in [-0.2, -0.15) is 0 Å². The number of hydrogen-bond donors (Lipinski definition) is 1. The van der Waals surface area contributed by atoms with Crippen LogP contribution in [0.25, 0.3) is 0 Å². The third kappa shape index (κ3) is 3.33. The molecule has 0 atom stereocenters. The van der Waals surface area contributed by atoms with Crippen LogP contribution in [0, 0.1) is 12.8 Å². The van der Waals surface area contributed by atoms with Gasteiger partial charge in [0.25, 0.3) is 0 Å². The van der Waals surface area contributed by atoms with E-state index in [2.05, 4.69) is 36.5 Å². The molecule has 1 aromatic carbocycles. The van der Waals surface area contributed by atoms with Crippen molar-refractivity contribution in [1.29, 1.82) is 0 Å². The van der Waals surface area contributed by atoms with E-state index in [1.807, 2.05) is 11.9 Å². The first-order valence-electron chi connectivity index (χ1n) is 6.68. The standard InChI is InChI=1S/C15H22N2O/c1-12-3-5-13(6-4-12)11-17(2)15(18)14-7-9-16-10-8-14/h3-6,14,16H,7-11H2,1-2H3. The molecule has 1 saturated heterocycles. The van der Waals surface area contributed by atoms with Gasteiger partial charge in [0, 0.05) is 19.5 Å². The van der Waals surface area contributed by atoms with Gasteiger partial charge in [-0.15, -0.1) is 0 Å². The summed E-state index contributed by atoms with van der Waals surface area (Å²) in [6.45, 7) is 4.72. The van der Waals surface area contributed by atoms with Gasteiger partial charge in [-0.25, -0.2) is 0 Å². The maximum absolute atomic E-state index is 12.3. The summed E-state index contributed by atoms with van der Waals surface area (Å²) in [5.41, 5.74) is 2.46. The van der Waals surface area contributed by atoms with E-state index in [0.717, 1.165) is 25.9 Å². The number of amides is 1. The van der Waals surface area contributed by atoms with Gasteiger partial charge in [-0.05, 0) is 38.4 Å². The second kappa shape index (κ2) is 6.01. The second-order valence-corrected chi connectivity index (χ2v) is 5.20. The number of aryl methyl sites for hydroxylation is 1. The summed E-state index contributed by atoms with van der Waals surface area (Å²) in [6, 6.07) is 8.39. The highest BCUT2D eigenvalue weighted by atomic mass is 16.2. The van der Waals surface area contributed by atoms with E-state index >= 15 is 0 Å². The zero-order chi connectivity index (χ0) is 13.0. The minimum atomic E-state index is 0.210. The molecule has 1 fully saturated rings. The lowest BCUT2D eigenvalue weighted by Crippen LogP contribution is -2.38. The fourth-order valence-electron chi connectivity index (χ4n) is 2.43. The lowest BCUT2D eigenvalue weighted by atomic mass is 9.96. The van der Waals surface area contributed by atoms with Gasteiger partial charge in [0.15, 0.2) is 0 Å². The zero-order valence-corrected chi connectivity index (χ0v) is 11.3. The quantitative estimate of drug-likeness (QED) is 0.884. The summed E-state index contributed by atoms with van der Waals surface area (Å²) >= 11 is 0. The predicted molar refractivity (Wildman–Crippen MR) is 73.2 cm³/mol. The summed E-state index contributed by atoms with van der Waals surface area (Å²) in [4.78, 5) is 14.1. The molecule has 2 rings (SSSR count). The van der Waals surface area contributed by atoms with Gasteiger partial charge in [-0.3, -0.25) is 4.79 Å². The van der Waals surface area contributed by atoms with Crippen LogP contribution in [0.4, 0.5) is 0 Å². The van der Waals surface area contributed by atoms with Gasteiger partial charge >= 0.3 is 0 Å². The van der Waals surface area contributed by atoms with Crippen molar-refractivity contribution in [2.45, 2.75) is 26.3 Å². The molecule has 1 aliphatic rings. The third-order valence-electron chi connectivity index (χ3n) is 3.60. The minimum absolute atomic E-state index is 0.210. The molecular weight excluding hydrogens is 224 g/mol. The van der Waals surface area contributed by atoms with Gasteiger partial charge in [0.2, 0.25) is 5.91 Å². The number of benzene rings is 1. The van der Waals surface area contributed by atoms with Gasteiger partial charge < -0.3 is 10.2 Å². The molecule has 0 saturated carbocycles. The first kappa shape index (κ1) is 13.1. The van der Waals surface area contributed by atoms with Crippen molar-refractivity contribution >= 4 is 5.91 Å². The molecule has 1 aromatic rings. The SMILES string of the molecule is Cc1ccc(CN(C)C(=O)C2CCNCC2)cc1. The Bertz CT molecular complexity index is 393. The lowest BCUT2D eigenvalue weighted by molar-refractivity contribution is -0.135. The number of nitrogens with one attached hydrogen (secondary N) is 1. The van der Waals surface area contributed by atoms with Crippen LogP contribution >= 0.6 is 0 Å². The van der Waals surface area contributed by atoms with Crippen LogP contribution in [0.5, 0.6) is 0 Å². The predicted octanol–water partition coefficient (Wildman–Crippen LogP) is 1.95. The summed E-state index contributed by atoms with van der Waals surface area (Å²) in [5.74, 6) is 0.499. The molecule has 0 aliphatic carbocycles. The smallest absolute Gasteiger partial charge is 0.225 e. The molecule has 0 radical (unpaired) electrons. The summed E-state index contributed by atoms with van der Waals surface area (Å²) in [5, 5.41) is 3.29. The first-order valence-corrected chi connectivity index (χ1v) is 6.68. The molecule has 1 amide bonds. The molecule has 18 heavy (non-hydrogen) atoms. The Balaban J connectivity index is 1.92. The Morgan fingerprint density at radius 2 is 1.89 bits per heavy atom. The topological polar surface area (TPSA) is 32.3 Å². The van der Waals surface area contributed by atoms with E-state index in [4.69, 9.17) is 0 Å². The molecule has 1 N–H and O–H groups in total. The highest BCUT2D eigenvalue weighted by Gasteiger charge is 2.23. The Labute approximate surface area is 109 Å². The number of nitrogens with zero attached hydrogens (tertiary/aromatic N) is 1. The normalized spacial score (nSPS) is 16.6. The highest BCUT2D eigenvalue weighted by molar-refractivity contribution is 5.78. The monoisotopic (exact) mass is 246 g/mol. The maximum Gasteiger partial charge on any atom is 0.225 e. The maximum atomic E-state index is 12.3. The molecule has 3 heteroatoms. The van der Waals surface area contributed by atoms with Crippen molar-refractivity contribution in [2.24, 2.45) is 5.92 Å². The zero-order valence-electron chi connectivity index (χ0n) is 11.3. The minimum Gasteiger partial charge on any atom is -0.341 e. The van der Waals surface area contributed by atoms with E-state index < -0.39 is 0 Å². The molecule has 1 heterocycles. The molecule has 0 aromatic heterocycles. The summed E-state index contributed by atoms with van der Waals surface area (Å²) < 4.78 is 0. The largest absolute Gasteiger partial charge is 0.341 e. The highest BCUT2D eigenvalue weighted by Crippen LogP contribution is 2.16. The van der Waals surface area contributed by atoms with Crippen molar-refractivity contribution in [3.63, 3.8) is 0 Å². The Morgan fingerprint density at radius 1 is 1.28 bits per heavy atom. The van der Waals surface area contributed by atoms with E-state index in [1.165, 1.54) is 11.1 Å². The van der Waals surface area contributed by atoms with Crippen LogP contribution in [-0.2, 0) is 11.3 Å². The van der Waals surface area contributed by atoms with Crippen molar-refractivity contribution in [2.75, 3.05) is 20.1 Å². The average molecular weight is 246 g/mol. The van der Waals surface area contributed by atoms with Gasteiger partial charge in [0.1, 0.15) is 0 Å². The van der Waals surface area contributed by atoms with Gasteiger partial charge in [0.05, 0.1) is 0 Å². The molecule has 3 nitrogen and oxygen atoms in total. The van der Waals surface area contributed by atoms with E-state index in [-0.39, 0.29) is 11.8 Å². The number of carbonyl (C=O) groups is 1. The van der Waals surface area contributed by atoms with Crippen LogP contribution in [-0.4, -0.2) is 30.9 Å². The number of piperidine rings is 1. The third-order valence-corrected chi connectivity index (χ3v) is 3.60. The van der Waals surface area contributed by atoms with Crippen molar-refractivity contribution in [3.8, 4) is 0 Å². The average Bonchev–Trinajstić information content (AvgIpc) is 2.41. The summed E-state index contributed by atoms with van der Waals surface area (Å²) in [7, 11) is 1.91. The number of hydrogen-bond acceptors (Lipinski definition) is 2. The molecular formula is C15H22N2O. The van der Waals surface area contributed by atoms with E-state index in [0.29, 0.717) is 6.54 Å². The second-order valence-electron chi connectivity index (χ2n) is 5.20. The molecule has 0 spiro atoms. The molecule has 0 bridgehead atoms. The molecule has 1 aliphatic heterocycles. The number of carbonyl (C=O) groups excluding carboxylic acids is 1. The lowest BCUT2D eigenvalue weighted by Gasteiger charge is -2.27. The van der Waals surface area contributed by atoms with Crippen molar-refractivity contribution in [3.05, 3.63) is 35.4 Å². The molecule has 98 valence electrons. The Morgan fingerprint density at radius 3 is 2.50 bits per heavy atom. The Hall–Kier alpha value is -1.35. The first-order chi connectivity index (χ1) is 8.66.